The number of hydrogen-bond donors (Lipinski definition) is 2. The predicted molar refractivity (Wildman–Crippen MR) is 262 cm³/mol. The molecule has 17 heteroatoms. The second kappa shape index (κ2) is 19.8. The quantitative estimate of drug-likeness (QED) is 0.0741. The van der Waals surface area contributed by atoms with Gasteiger partial charge in [-0.05, 0) is 108 Å². The Labute approximate surface area is 422 Å². The average molecular weight is 1160 g/mol. The van der Waals surface area contributed by atoms with Crippen molar-refractivity contribution in [3.63, 3.8) is 0 Å². The molecule has 0 saturated heterocycles. The first-order valence-corrected chi connectivity index (χ1v) is 21.6. The summed E-state index contributed by atoms with van der Waals surface area (Å²) in [7, 11) is 0. The Morgan fingerprint density at radius 3 is 1.37 bits per heavy atom. The molecule has 0 spiro atoms. The molecule has 0 bridgehead atoms. The second-order valence-corrected chi connectivity index (χ2v) is 16.2. The van der Waals surface area contributed by atoms with Crippen LogP contribution in [0.5, 0.6) is 11.6 Å². The SMILES string of the molecule is FC(F)(F)c1cc(Oc2nnc(-c3[c-]c4ccccc4o3)c3cc4ccccc4cc23)cc(C(F)(F)F)c1.[CH-]=C(O)c1nncc2cc3ccccc3cc12.[CH-]=C(O)c1nncc2cc3ccccc3cc12.[Ir+3]. The van der Waals surface area contributed by atoms with E-state index in [0.717, 1.165) is 53.9 Å². The van der Waals surface area contributed by atoms with E-state index >= 15 is 0 Å². The van der Waals surface area contributed by atoms with E-state index in [-0.39, 0.29) is 55.0 Å². The number of fused-ring (bicyclic) bond motifs is 7. The summed E-state index contributed by atoms with van der Waals surface area (Å²) in [5.41, 5.74) is -1.50. The fourth-order valence-electron chi connectivity index (χ4n) is 8.10. The van der Waals surface area contributed by atoms with Crippen LogP contribution >= 0.6 is 0 Å². The van der Waals surface area contributed by atoms with E-state index in [2.05, 4.69) is 36.7 Å². The number of ether oxygens (including phenoxy) is 1. The van der Waals surface area contributed by atoms with Crippen molar-refractivity contribution in [3.8, 4) is 23.1 Å². The van der Waals surface area contributed by atoms with Crippen molar-refractivity contribution in [1.29, 1.82) is 0 Å². The van der Waals surface area contributed by atoms with Crippen LogP contribution < -0.4 is 4.74 Å². The van der Waals surface area contributed by atoms with Gasteiger partial charge in [-0.2, -0.15) is 41.6 Å². The fraction of sp³-hybridized carbons (Fsp3) is 0.0357. The fourth-order valence-corrected chi connectivity index (χ4v) is 8.10. The van der Waals surface area contributed by atoms with E-state index in [1.165, 1.54) is 0 Å². The zero-order valence-corrected chi connectivity index (χ0v) is 39.6. The number of alkyl halides is 6. The van der Waals surface area contributed by atoms with E-state index in [1.54, 1.807) is 54.9 Å². The molecule has 0 fully saturated rings. The normalized spacial score (nSPS) is 11.5. The van der Waals surface area contributed by atoms with E-state index in [0.29, 0.717) is 45.3 Å². The molecule has 0 unspecified atom stereocenters. The van der Waals surface area contributed by atoms with Crippen LogP contribution in [0, 0.1) is 19.2 Å². The molecule has 8 aromatic carbocycles. The van der Waals surface area contributed by atoms with Crippen LogP contribution in [0.4, 0.5) is 26.3 Å². The predicted octanol–water partition coefficient (Wildman–Crippen LogP) is 15.1. The molecule has 0 saturated carbocycles. The van der Waals surface area contributed by atoms with Crippen LogP contribution in [-0.2, 0) is 32.5 Å². The van der Waals surface area contributed by atoms with E-state index in [1.807, 2.05) is 91.0 Å². The largest absolute Gasteiger partial charge is 3.00 e. The second-order valence-electron chi connectivity index (χ2n) is 16.2. The molecule has 2 N–H and O–H groups in total. The van der Waals surface area contributed by atoms with Gasteiger partial charge in [0, 0.05) is 11.0 Å². The number of nitrogens with zero attached hydrogens (tertiary/aromatic N) is 6. The van der Waals surface area contributed by atoms with Crippen LogP contribution in [0.3, 0.4) is 0 Å². The van der Waals surface area contributed by atoms with Gasteiger partial charge in [0.15, 0.2) is 0 Å². The molecule has 12 rings (SSSR count). The standard InChI is InChI=1S/C28H13F6N2O2.2C14H9N2O.Ir/c29-27(30,31)18-12-19(28(32,33)34)14-20(13-18)37-26-22-10-16-6-2-1-5-15(16)9-21(22)25(35-36-26)24-11-17-7-3-4-8-23(17)38-24;2*1-9(17)14-13-7-11-5-3-2-4-10(11)6-12(13)8-15-16-14;/h1-10,12-14H;2*1-8,17H;/q3*-1;+3. The Kier molecular flexibility index (Phi) is 13.3. The van der Waals surface area contributed by atoms with E-state index < -0.39 is 29.2 Å². The third-order valence-corrected chi connectivity index (χ3v) is 11.5. The molecule has 0 atom stereocenters. The Hall–Kier alpha value is -8.79. The summed E-state index contributed by atoms with van der Waals surface area (Å²) >= 11 is 0. The number of halogens is 6. The maximum atomic E-state index is 13.4. The molecule has 12 aromatic rings. The first kappa shape index (κ1) is 49.2. The molecular weight excluding hydrogens is 1130 g/mol. The van der Waals surface area contributed by atoms with E-state index in [4.69, 9.17) is 22.3 Å². The van der Waals surface area contributed by atoms with Crippen LogP contribution in [0.25, 0.3) is 98.6 Å². The van der Waals surface area contributed by atoms with Crippen LogP contribution in [-0.4, -0.2) is 40.8 Å². The Morgan fingerprint density at radius 2 is 0.918 bits per heavy atom. The molecule has 0 radical (unpaired) electrons. The summed E-state index contributed by atoms with van der Waals surface area (Å²) in [5.74, 6) is -1.29. The number of para-hydroxylation sites is 1. The van der Waals surface area contributed by atoms with Gasteiger partial charge in [0.2, 0.25) is 5.88 Å². The minimum absolute atomic E-state index is 0. The number of aliphatic hydroxyl groups excluding tert-OH is 2. The zero-order chi connectivity index (χ0) is 50.3. The van der Waals surface area contributed by atoms with Gasteiger partial charge < -0.3 is 19.4 Å². The third-order valence-electron chi connectivity index (χ3n) is 11.5. The van der Waals surface area contributed by atoms with Crippen molar-refractivity contribution >= 4 is 87.1 Å². The third kappa shape index (κ3) is 10.2. The maximum Gasteiger partial charge on any atom is 3.00 e. The topological polar surface area (TPSA) is 140 Å². The molecule has 4 heterocycles. The summed E-state index contributed by atoms with van der Waals surface area (Å²) in [4.78, 5) is 0. The molecule has 0 aliphatic rings. The molecule has 10 nitrogen and oxygen atoms in total. The van der Waals surface area contributed by atoms with Gasteiger partial charge in [-0.3, -0.25) is 0 Å². The summed E-state index contributed by atoms with van der Waals surface area (Å²) in [6, 6.07) is 45.9. The number of aromatic nitrogens is 6. The van der Waals surface area contributed by atoms with Gasteiger partial charge in [0.25, 0.3) is 0 Å². The molecule has 0 aliphatic heterocycles. The monoisotopic (exact) mass is 1160 g/mol. The van der Waals surface area contributed by atoms with Crippen molar-refractivity contribution in [2.45, 2.75) is 12.4 Å². The Balaban J connectivity index is 0.000000154. The first-order valence-electron chi connectivity index (χ1n) is 21.6. The van der Waals surface area contributed by atoms with Gasteiger partial charge in [0.05, 0.1) is 35.0 Å². The summed E-state index contributed by atoms with van der Waals surface area (Å²) in [5, 5.41) is 53.2. The summed E-state index contributed by atoms with van der Waals surface area (Å²) in [6.45, 7) is 10.8. The molecule has 360 valence electrons. The number of benzene rings is 8. The Morgan fingerprint density at radius 1 is 0.493 bits per heavy atom. The number of aliphatic hydroxyl groups is 2. The number of rotatable bonds is 5. The van der Waals surface area contributed by atoms with Crippen LogP contribution in [0.15, 0.2) is 168 Å². The molecule has 73 heavy (non-hydrogen) atoms. The summed E-state index contributed by atoms with van der Waals surface area (Å²) in [6.07, 6.45) is -6.73. The molecule has 4 aromatic heterocycles. The van der Waals surface area contributed by atoms with Crippen LogP contribution in [0.1, 0.15) is 22.5 Å². The van der Waals surface area contributed by atoms with Crippen molar-refractivity contribution in [2.75, 3.05) is 0 Å². The minimum Gasteiger partial charge on any atom is -0.544 e. The molecular formula is C56H31F6IrN6O4. The molecule has 0 amide bonds. The maximum absolute atomic E-state index is 13.4. The van der Waals surface area contributed by atoms with Crippen molar-refractivity contribution in [3.05, 3.63) is 206 Å². The van der Waals surface area contributed by atoms with Crippen LogP contribution in [0.2, 0.25) is 0 Å². The van der Waals surface area contributed by atoms with Crippen molar-refractivity contribution in [1.82, 2.24) is 30.6 Å². The van der Waals surface area contributed by atoms with Gasteiger partial charge >= 0.3 is 32.5 Å². The van der Waals surface area contributed by atoms with Crippen molar-refractivity contribution < 1.29 is 65.8 Å². The first-order chi connectivity index (χ1) is 34.6. The smallest absolute Gasteiger partial charge is 0.544 e. The average Bonchev–Trinajstić information content (AvgIpc) is 3.80. The zero-order valence-electron chi connectivity index (χ0n) is 37.2. The van der Waals surface area contributed by atoms with Gasteiger partial charge in [-0.25, -0.2) is 23.4 Å². The van der Waals surface area contributed by atoms with Crippen molar-refractivity contribution in [2.24, 2.45) is 0 Å². The minimum atomic E-state index is -5.02. The van der Waals surface area contributed by atoms with E-state index in [9.17, 15) is 36.6 Å². The Bertz CT molecular complexity index is 3910. The van der Waals surface area contributed by atoms with Gasteiger partial charge in [-0.1, -0.05) is 120 Å². The van der Waals surface area contributed by atoms with Gasteiger partial charge in [-0.15, -0.1) is 22.6 Å². The number of hydrogen-bond acceptors (Lipinski definition) is 10. The molecule has 0 aliphatic carbocycles. The summed E-state index contributed by atoms with van der Waals surface area (Å²) < 4.78 is 91.6. The van der Waals surface area contributed by atoms with Gasteiger partial charge in [0.1, 0.15) is 5.75 Å². The number of furan rings is 1.